The maximum atomic E-state index is 10.5. The first-order valence-electron chi connectivity index (χ1n) is 3.98. The van der Waals surface area contributed by atoms with Gasteiger partial charge in [-0.1, -0.05) is 6.92 Å². The SMILES string of the molecule is C[C@@H]1CN[C@H](CNS(N)(=O)=O)C1. The first-order valence-corrected chi connectivity index (χ1v) is 5.53. The Hall–Kier alpha value is -0.170. The second kappa shape index (κ2) is 3.69. The van der Waals surface area contributed by atoms with Gasteiger partial charge in [-0.25, -0.2) is 9.86 Å². The minimum absolute atomic E-state index is 0.235. The van der Waals surface area contributed by atoms with E-state index in [1.807, 2.05) is 0 Å². The van der Waals surface area contributed by atoms with Gasteiger partial charge in [-0.3, -0.25) is 0 Å². The van der Waals surface area contributed by atoms with Gasteiger partial charge in [0.05, 0.1) is 0 Å². The van der Waals surface area contributed by atoms with Gasteiger partial charge in [-0.15, -0.1) is 0 Å². The highest BCUT2D eigenvalue weighted by Gasteiger charge is 2.20. The largest absolute Gasteiger partial charge is 0.312 e. The molecule has 0 bridgehead atoms. The molecule has 1 aliphatic rings. The fraction of sp³-hybridized carbons (Fsp3) is 1.00. The van der Waals surface area contributed by atoms with Crippen molar-refractivity contribution >= 4 is 10.2 Å². The summed E-state index contributed by atoms with van der Waals surface area (Å²) in [5.41, 5.74) is 0. The summed E-state index contributed by atoms with van der Waals surface area (Å²) in [5.74, 6) is 0.622. The van der Waals surface area contributed by atoms with Gasteiger partial charge < -0.3 is 5.32 Å². The van der Waals surface area contributed by atoms with Crippen LogP contribution in [0.25, 0.3) is 0 Å². The Kier molecular flexibility index (Phi) is 3.05. The molecule has 1 saturated heterocycles. The molecule has 2 atom stereocenters. The van der Waals surface area contributed by atoms with Crippen molar-refractivity contribution in [3.63, 3.8) is 0 Å². The molecule has 0 aliphatic carbocycles. The van der Waals surface area contributed by atoms with E-state index in [4.69, 9.17) is 5.14 Å². The Morgan fingerprint density at radius 1 is 1.67 bits per heavy atom. The minimum Gasteiger partial charge on any atom is -0.312 e. The quantitative estimate of drug-likeness (QED) is 0.525. The molecule has 6 heteroatoms. The van der Waals surface area contributed by atoms with Crippen LogP contribution in [0.4, 0.5) is 0 Å². The summed E-state index contributed by atoms with van der Waals surface area (Å²) in [5, 5.41) is 7.98. The first kappa shape index (κ1) is 9.91. The van der Waals surface area contributed by atoms with E-state index in [0.29, 0.717) is 12.5 Å². The summed E-state index contributed by atoms with van der Waals surface area (Å²) < 4.78 is 23.3. The zero-order valence-electron chi connectivity index (χ0n) is 7.08. The lowest BCUT2D eigenvalue weighted by Gasteiger charge is -2.09. The Morgan fingerprint density at radius 3 is 2.75 bits per heavy atom. The molecule has 1 heterocycles. The van der Waals surface area contributed by atoms with Crippen LogP contribution in [0, 0.1) is 5.92 Å². The van der Waals surface area contributed by atoms with Crippen LogP contribution < -0.4 is 15.2 Å². The van der Waals surface area contributed by atoms with Crippen molar-refractivity contribution in [1.82, 2.24) is 10.0 Å². The third-order valence-corrected chi connectivity index (χ3v) is 2.54. The molecule has 0 spiro atoms. The molecule has 1 rings (SSSR count). The van der Waals surface area contributed by atoms with E-state index in [1.165, 1.54) is 0 Å². The van der Waals surface area contributed by atoms with Gasteiger partial charge in [-0.05, 0) is 18.9 Å². The molecule has 4 N–H and O–H groups in total. The summed E-state index contributed by atoms with van der Waals surface area (Å²) in [7, 11) is -3.52. The van der Waals surface area contributed by atoms with Crippen LogP contribution in [-0.2, 0) is 10.2 Å². The molecule has 5 nitrogen and oxygen atoms in total. The Bertz CT molecular complexity index is 239. The van der Waals surface area contributed by atoms with Crippen LogP contribution in [-0.4, -0.2) is 27.5 Å². The molecule has 0 unspecified atom stereocenters. The standard InChI is InChI=1S/C6H15N3O2S/c1-5-2-6(8-3-5)4-9-12(7,10)11/h5-6,8-9H,2-4H2,1H3,(H2,7,10,11)/t5-,6-/m0/s1. The van der Waals surface area contributed by atoms with E-state index in [9.17, 15) is 8.42 Å². The number of rotatable bonds is 3. The number of nitrogens with one attached hydrogen (secondary N) is 2. The number of hydrogen-bond donors (Lipinski definition) is 3. The fourth-order valence-electron chi connectivity index (χ4n) is 1.39. The molecular weight excluding hydrogens is 178 g/mol. The monoisotopic (exact) mass is 193 g/mol. The second-order valence-electron chi connectivity index (χ2n) is 3.34. The highest BCUT2D eigenvalue weighted by Crippen LogP contribution is 2.11. The highest BCUT2D eigenvalue weighted by molar-refractivity contribution is 7.87. The van der Waals surface area contributed by atoms with Gasteiger partial charge >= 0.3 is 0 Å². The molecule has 1 aliphatic heterocycles. The molecule has 12 heavy (non-hydrogen) atoms. The van der Waals surface area contributed by atoms with Crippen LogP contribution in [0.1, 0.15) is 13.3 Å². The van der Waals surface area contributed by atoms with Crippen LogP contribution in [0.3, 0.4) is 0 Å². The zero-order chi connectivity index (χ0) is 9.19. The minimum atomic E-state index is -3.52. The maximum Gasteiger partial charge on any atom is 0.274 e. The van der Waals surface area contributed by atoms with Gasteiger partial charge in [0.25, 0.3) is 10.2 Å². The Labute approximate surface area is 72.9 Å². The fourth-order valence-corrected chi connectivity index (χ4v) is 1.83. The Morgan fingerprint density at radius 2 is 2.33 bits per heavy atom. The topological polar surface area (TPSA) is 84.2 Å². The lowest BCUT2D eigenvalue weighted by Crippen LogP contribution is -2.40. The van der Waals surface area contributed by atoms with Crippen LogP contribution in [0.2, 0.25) is 0 Å². The average Bonchev–Trinajstić information content (AvgIpc) is 2.30. The van der Waals surface area contributed by atoms with Gasteiger partial charge in [0.2, 0.25) is 0 Å². The molecule has 0 aromatic heterocycles. The summed E-state index contributed by atoms with van der Waals surface area (Å²) >= 11 is 0. The number of hydrogen-bond acceptors (Lipinski definition) is 3. The average molecular weight is 193 g/mol. The predicted molar refractivity (Wildman–Crippen MR) is 46.7 cm³/mol. The van der Waals surface area contributed by atoms with E-state index in [1.54, 1.807) is 0 Å². The lowest BCUT2D eigenvalue weighted by molar-refractivity contribution is 0.545. The third kappa shape index (κ3) is 3.48. The van der Waals surface area contributed by atoms with E-state index < -0.39 is 10.2 Å². The second-order valence-corrected chi connectivity index (χ2v) is 4.72. The molecule has 0 amide bonds. The number of nitrogens with two attached hydrogens (primary N) is 1. The molecule has 0 saturated carbocycles. The van der Waals surface area contributed by atoms with Crippen molar-refractivity contribution in [1.29, 1.82) is 0 Å². The molecule has 0 aromatic rings. The van der Waals surface area contributed by atoms with Crippen molar-refractivity contribution in [3.8, 4) is 0 Å². The van der Waals surface area contributed by atoms with Gasteiger partial charge in [0, 0.05) is 12.6 Å². The van der Waals surface area contributed by atoms with E-state index in [2.05, 4.69) is 17.0 Å². The van der Waals surface area contributed by atoms with Crippen LogP contribution >= 0.6 is 0 Å². The molecule has 0 radical (unpaired) electrons. The summed E-state index contributed by atoms with van der Waals surface area (Å²) in [4.78, 5) is 0. The van der Waals surface area contributed by atoms with Gasteiger partial charge in [0.15, 0.2) is 0 Å². The highest BCUT2D eigenvalue weighted by atomic mass is 32.2. The first-order chi connectivity index (χ1) is 5.47. The zero-order valence-corrected chi connectivity index (χ0v) is 7.89. The van der Waals surface area contributed by atoms with Crippen LogP contribution in [0.15, 0.2) is 0 Å². The summed E-state index contributed by atoms with van der Waals surface area (Å²) in [6, 6.07) is 0.235. The Balaban J connectivity index is 2.25. The molecular formula is C6H15N3O2S. The van der Waals surface area contributed by atoms with Gasteiger partial charge in [0.1, 0.15) is 0 Å². The maximum absolute atomic E-state index is 10.5. The molecule has 1 fully saturated rings. The smallest absolute Gasteiger partial charge is 0.274 e. The van der Waals surface area contributed by atoms with E-state index in [0.717, 1.165) is 13.0 Å². The normalized spacial score (nSPS) is 30.8. The third-order valence-electron chi connectivity index (χ3n) is 1.97. The van der Waals surface area contributed by atoms with Crippen molar-refractivity contribution in [2.24, 2.45) is 11.1 Å². The van der Waals surface area contributed by atoms with E-state index in [-0.39, 0.29) is 6.04 Å². The van der Waals surface area contributed by atoms with Crippen LogP contribution in [0.5, 0.6) is 0 Å². The van der Waals surface area contributed by atoms with Crippen molar-refractivity contribution in [3.05, 3.63) is 0 Å². The molecule has 0 aromatic carbocycles. The van der Waals surface area contributed by atoms with Crippen molar-refractivity contribution < 1.29 is 8.42 Å². The lowest BCUT2D eigenvalue weighted by atomic mass is 10.1. The molecule has 72 valence electrons. The summed E-state index contributed by atoms with van der Waals surface area (Å²) in [6.07, 6.45) is 1.00. The van der Waals surface area contributed by atoms with E-state index >= 15 is 0 Å². The van der Waals surface area contributed by atoms with Gasteiger partial charge in [-0.2, -0.15) is 8.42 Å². The van der Waals surface area contributed by atoms with Crippen molar-refractivity contribution in [2.75, 3.05) is 13.1 Å². The van der Waals surface area contributed by atoms with Crippen molar-refractivity contribution in [2.45, 2.75) is 19.4 Å². The predicted octanol–water partition coefficient (Wildman–Crippen LogP) is -1.22. The summed E-state index contributed by atoms with van der Waals surface area (Å²) in [6.45, 7) is 3.48.